The topological polar surface area (TPSA) is 92.4 Å². The zero-order valence-corrected chi connectivity index (χ0v) is 8.78. The molecule has 3 atom stereocenters. The SMILES string of the molecule is CCC(N)C(=O)NC(C)C(C)C(=O)O. The van der Waals surface area contributed by atoms with E-state index in [9.17, 15) is 9.59 Å². The van der Waals surface area contributed by atoms with Gasteiger partial charge in [-0.15, -0.1) is 0 Å². The Morgan fingerprint density at radius 1 is 1.43 bits per heavy atom. The summed E-state index contributed by atoms with van der Waals surface area (Å²) in [6.45, 7) is 5.00. The maximum Gasteiger partial charge on any atom is 0.308 e. The quantitative estimate of drug-likeness (QED) is 0.582. The monoisotopic (exact) mass is 202 g/mol. The van der Waals surface area contributed by atoms with E-state index in [2.05, 4.69) is 5.32 Å². The molecule has 0 spiro atoms. The minimum Gasteiger partial charge on any atom is -0.481 e. The number of carbonyl (C=O) groups is 2. The van der Waals surface area contributed by atoms with E-state index in [1.165, 1.54) is 0 Å². The van der Waals surface area contributed by atoms with E-state index < -0.39 is 24.0 Å². The second-order valence-corrected chi connectivity index (χ2v) is 3.44. The van der Waals surface area contributed by atoms with Gasteiger partial charge >= 0.3 is 5.97 Å². The van der Waals surface area contributed by atoms with Crippen LogP contribution in [0.3, 0.4) is 0 Å². The number of carbonyl (C=O) groups excluding carboxylic acids is 1. The summed E-state index contributed by atoms with van der Waals surface area (Å²) in [5.74, 6) is -1.83. The van der Waals surface area contributed by atoms with Gasteiger partial charge in [-0.3, -0.25) is 9.59 Å². The van der Waals surface area contributed by atoms with Gasteiger partial charge in [0.15, 0.2) is 0 Å². The largest absolute Gasteiger partial charge is 0.481 e. The summed E-state index contributed by atoms with van der Waals surface area (Å²) in [5.41, 5.74) is 5.48. The number of amides is 1. The van der Waals surface area contributed by atoms with Gasteiger partial charge in [0.1, 0.15) is 0 Å². The van der Waals surface area contributed by atoms with Gasteiger partial charge in [0.2, 0.25) is 5.91 Å². The first kappa shape index (κ1) is 12.9. The molecule has 0 aromatic rings. The standard InChI is InChI=1S/C9H18N2O3/c1-4-7(10)8(12)11-6(3)5(2)9(13)14/h5-7H,4,10H2,1-3H3,(H,11,12)(H,13,14). The van der Waals surface area contributed by atoms with E-state index in [0.29, 0.717) is 6.42 Å². The van der Waals surface area contributed by atoms with Crippen LogP contribution in [0.4, 0.5) is 0 Å². The fourth-order valence-electron chi connectivity index (χ4n) is 0.856. The van der Waals surface area contributed by atoms with Crippen molar-refractivity contribution in [1.29, 1.82) is 0 Å². The second-order valence-electron chi connectivity index (χ2n) is 3.44. The first-order chi connectivity index (χ1) is 6.40. The third-order valence-corrected chi connectivity index (χ3v) is 2.29. The van der Waals surface area contributed by atoms with E-state index in [1.807, 2.05) is 0 Å². The van der Waals surface area contributed by atoms with Crippen molar-refractivity contribution < 1.29 is 14.7 Å². The summed E-state index contributed by atoms with van der Waals surface area (Å²) in [6.07, 6.45) is 0.542. The molecule has 5 nitrogen and oxygen atoms in total. The molecule has 0 rings (SSSR count). The van der Waals surface area contributed by atoms with Crippen LogP contribution in [0.1, 0.15) is 27.2 Å². The van der Waals surface area contributed by atoms with E-state index in [4.69, 9.17) is 10.8 Å². The highest BCUT2D eigenvalue weighted by Crippen LogP contribution is 2.02. The van der Waals surface area contributed by atoms with Crippen LogP contribution < -0.4 is 11.1 Å². The molecule has 0 saturated heterocycles. The molecule has 5 heteroatoms. The fraction of sp³-hybridized carbons (Fsp3) is 0.778. The molecule has 0 radical (unpaired) electrons. The van der Waals surface area contributed by atoms with Crippen molar-refractivity contribution in [2.75, 3.05) is 0 Å². The van der Waals surface area contributed by atoms with Gasteiger partial charge in [-0.1, -0.05) is 6.92 Å². The second kappa shape index (κ2) is 5.59. The molecule has 1 amide bonds. The van der Waals surface area contributed by atoms with Crippen LogP contribution in [0.25, 0.3) is 0 Å². The molecule has 0 aliphatic carbocycles. The van der Waals surface area contributed by atoms with E-state index in [-0.39, 0.29) is 5.91 Å². The maximum absolute atomic E-state index is 11.3. The Morgan fingerprint density at radius 2 is 1.93 bits per heavy atom. The van der Waals surface area contributed by atoms with Crippen LogP contribution in [0, 0.1) is 5.92 Å². The Kier molecular flexibility index (Phi) is 5.15. The van der Waals surface area contributed by atoms with Gasteiger partial charge in [0.25, 0.3) is 0 Å². The molecule has 0 aromatic carbocycles. The average molecular weight is 202 g/mol. The van der Waals surface area contributed by atoms with Gasteiger partial charge < -0.3 is 16.2 Å². The zero-order chi connectivity index (χ0) is 11.3. The molecule has 4 N–H and O–H groups in total. The third kappa shape index (κ3) is 3.74. The smallest absolute Gasteiger partial charge is 0.308 e. The summed E-state index contributed by atoms with van der Waals surface area (Å²) in [6, 6.07) is -0.962. The van der Waals surface area contributed by atoms with Crippen LogP contribution in [-0.4, -0.2) is 29.1 Å². The lowest BCUT2D eigenvalue weighted by atomic mass is 10.0. The molecular formula is C9H18N2O3. The van der Waals surface area contributed by atoms with E-state index in [1.54, 1.807) is 20.8 Å². The molecule has 14 heavy (non-hydrogen) atoms. The number of rotatable bonds is 5. The molecule has 82 valence electrons. The number of nitrogens with one attached hydrogen (secondary N) is 1. The van der Waals surface area contributed by atoms with Gasteiger partial charge in [0, 0.05) is 6.04 Å². The highest BCUT2D eigenvalue weighted by Gasteiger charge is 2.22. The molecular weight excluding hydrogens is 184 g/mol. The predicted molar refractivity (Wildman–Crippen MR) is 52.7 cm³/mol. The van der Waals surface area contributed by atoms with Crippen molar-refractivity contribution in [3.05, 3.63) is 0 Å². The lowest BCUT2D eigenvalue weighted by molar-refractivity contribution is -0.142. The van der Waals surface area contributed by atoms with Gasteiger partial charge in [0.05, 0.1) is 12.0 Å². The lowest BCUT2D eigenvalue weighted by Gasteiger charge is -2.19. The molecule has 0 aliphatic rings. The first-order valence-corrected chi connectivity index (χ1v) is 4.68. The van der Waals surface area contributed by atoms with Crippen molar-refractivity contribution in [2.45, 2.75) is 39.3 Å². The predicted octanol–water partition coefficient (Wildman–Crippen LogP) is -0.0509. The number of aliphatic carboxylic acids is 1. The lowest BCUT2D eigenvalue weighted by Crippen LogP contribution is -2.47. The molecule has 0 aliphatic heterocycles. The number of hydrogen-bond acceptors (Lipinski definition) is 3. The normalized spacial score (nSPS) is 16.9. The van der Waals surface area contributed by atoms with Crippen LogP contribution in [-0.2, 0) is 9.59 Å². The molecule has 0 bridgehead atoms. The molecule has 3 unspecified atom stereocenters. The zero-order valence-electron chi connectivity index (χ0n) is 8.78. The molecule has 0 saturated carbocycles. The Hall–Kier alpha value is -1.10. The summed E-state index contributed by atoms with van der Waals surface area (Å²) in [7, 11) is 0. The number of carboxylic acids is 1. The van der Waals surface area contributed by atoms with Gasteiger partial charge in [-0.05, 0) is 20.3 Å². The Bertz CT molecular complexity index is 218. The van der Waals surface area contributed by atoms with Crippen molar-refractivity contribution in [1.82, 2.24) is 5.32 Å². The molecule has 0 fully saturated rings. The fourth-order valence-corrected chi connectivity index (χ4v) is 0.856. The Balaban J connectivity index is 4.12. The van der Waals surface area contributed by atoms with Gasteiger partial charge in [-0.25, -0.2) is 0 Å². The van der Waals surface area contributed by atoms with Crippen molar-refractivity contribution in [3.63, 3.8) is 0 Å². The van der Waals surface area contributed by atoms with Crippen molar-refractivity contribution in [2.24, 2.45) is 11.7 Å². The summed E-state index contributed by atoms with van der Waals surface area (Å²) >= 11 is 0. The minimum atomic E-state index is -0.928. The van der Waals surface area contributed by atoms with Crippen LogP contribution >= 0.6 is 0 Å². The number of carboxylic acid groups (broad SMARTS) is 1. The highest BCUT2D eigenvalue weighted by molar-refractivity contribution is 5.82. The summed E-state index contributed by atoms with van der Waals surface area (Å²) in [4.78, 5) is 21.9. The highest BCUT2D eigenvalue weighted by atomic mass is 16.4. The Labute approximate surface area is 83.7 Å². The summed E-state index contributed by atoms with van der Waals surface area (Å²) in [5, 5.41) is 11.2. The van der Waals surface area contributed by atoms with Crippen LogP contribution in [0.15, 0.2) is 0 Å². The van der Waals surface area contributed by atoms with Gasteiger partial charge in [-0.2, -0.15) is 0 Å². The van der Waals surface area contributed by atoms with Crippen molar-refractivity contribution >= 4 is 11.9 Å². The first-order valence-electron chi connectivity index (χ1n) is 4.68. The van der Waals surface area contributed by atoms with Crippen LogP contribution in [0.5, 0.6) is 0 Å². The summed E-state index contributed by atoms with van der Waals surface area (Å²) < 4.78 is 0. The molecule has 0 heterocycles. The average Bonchev–Trinajstić information content (AvgIpc) is 2.14. The van der Waals surface area contributed by atoms with Crippen LogP contribution in [0.2, 0.25) is 0 Å². The van der Waals surface area contributed by atoms with E-state index >= 15 is 0 Å². The minimum absolute atomic E-state index is 0.298. The van der Waals surface area contributed by atoms with Crippen molar-refractivity contribution in [3.8, 4) is 0 Å². The third-order valence-electron chi connectivity index (χ3n) is 2.29. The Morgan fingerprint density at radius 3 is 2.29 bits per heavy atom. The maximum atomic E-state index is 11.3. The van der Waals surface area contributed by atoms with E-state index in [0.717, 1.165) is 0 Å². The molecule has 0 aromatic heterocycles. The number of hydrogen-bond donors (Lipinski definition) is 3. The number of nitrogens with two attached hydrogens (primary N) is 1.